The predicted molar refractivity (Wildman–Crippen MR) is 136 cm³/mol. The van der Waals surface area contributed by atoms with Crippen molar-refractivity contribution in [2.75, 3.05) is 18.4 Å². The Kier molecular flexibility index (Phi) is 5.57. The Morgan fingerprint density at radius 1 is 1.12 bits per heavy atom. The number of imidazole rings is 1. The number of amides is 2. The molecule has 8 heteroatoms. The lowest BCUT2D eigenvalue weighted by Gasteiger charge is -2.30. The van der Waals surface area contributed by atoms with E-state index in [4.69, 9.17) is 0 Å². The minimum Gasteiger partial charge on any atom is -0.355 e. The molecular formula is C26H29N7O. The molecule has 4 aromatic rings. The van der Waals surface area contributed by atoms with Crippen LogP contribution in [0, 0.1) is 0 Å². The Labute approximate surface area is 198 Å². The molecule has 2 amide bonds. The van der Waals surface area contributed by atoms with Crippen LogP contribution in [0.5, 0.6) is 0 Å². The van der Waals surface area contributed by atoms with Crippen LogP contribution >= 0.6 is 0 Å². The highest BCUT2D eigenvalue weighted by Gasteiger charge is 2.22. The van der Waals surface area contributed by atoms with Crippen LogP contribution in [0.1, 0.15) is 32.9 Å². The number of anilines is 2. The maximum absolute atomic E-state index is 12.5. The van der Waals surface area contributed by atoms with Crippen molar-refractivity contribution in [1.82, 2.24) is 30.2 Å². The number of hydrogen-bond acceptors (Lipinski definition) is 4. The van der Waals surface area contributed by atoms with Gasteiger partial charge in [0.25, 0.3) is 0 Å². The van der Waals surface area contributed by atoms with Gasteiger partial charge in [-0.3, -0.25) is 0 Å². The van der Waals surface area contributed by atoms with Gasteiger partial charge in [-0.25, -0.2) is 14.8 Å². The molecule has 0 spiro atoms. The van der Waals surface area contributed by atoms with Crippen molar-refractivity contribution >= 4 is 34.0 Å². The maximum atomic E-state index is 12.5. The van der Waals surface area contributed by atoms with Crippen LogP contribution in [0.25, 0.3) is 28.0 Å². The fourth-order valence-corrected chi connectivity index (χ4v) is 4.13. The number of aromatic amines is 2. The first-order valence-electron chi connectivity index (χ1n) is 11.5. The van der Waals surface area contributed by atoms with E-state index in [0.29, 0.717) is 13.1 Å². The smallest absolute Gasteiger partial charge is 0.318 e. The van der Waals surface area contributed by atoms with Gasteiger partial charge in [0.1, 0.15) is 11.5 Å². The van der Waals surface area contributed by atoms with Crippen LogP contribution in [-0.4, -0.2) is 49.5 Å². The van der Waals surface area contributed by atoms with Gasteiger partial charge in [-0.1, -0.05) is 18.2 Å². The zero-order valence-electron chi connectivity index (χ0n) is 19.6. The van der Waals surface area contributed by atoms with E-state index >= 15 is 0 Å². The molecule has 4 N–H and O–H groups in total. The van der Waals surface area contributed by atoms with Crippen LogP contribution in [-0.2, 0) is 0 Å². The Hall–Kier alpha value is -4.07. The summed E-state index contributed by atoms with van der Waals surface area (Å²) in [5, 5.41) is 7.58. The van der Waals surface area contributed by atoms with Crippen molar-refractivity contribution in [3.63, 3.8) is 0 Å². The Morgan fingerprint density at radius 2 is 2.00 bits per heavy atom. The number of urea groups is 1. The zero-order chi connectivity index (χ0) is 23.7. The van der Waals surface area contributed by atoms with Gasteiger partial charge in [-0.15, -0.1) is 0 Å². The molecule has 5 rings (SSSR count). The van der Waals surface area contributed by atoms with E-state index < -0.39 is 0 Å². The van der Waals surface area contributed by atoms with Gasteiger partial charge in [0, 0.05) is 59.5 Å². The molecule has 0 bridgehead atoms. The molecule has 0 fully saturated rings. The van der Waals surface area contributed by atoms with E-state index in [1.54, 1.807) is 12.4 Å². The number of pyridine rings is 1. The first kappa shape index (κ1) is 21.8. The second kappa shape index (κ2) is 8.70. The van der Waals surface area contributed by atoms with Crippen molar-refractivity contribution < 1.29 is 4.79 Å². The normalized spacial score (nSPS) is 14.2. The van der Waals surface area contributed by atoms with E-state index in [9.17, 15) is 4.79 Å². The predicted octanol–water partition coefficient (Wildman–Crippen LogP) is 5.29. The molecule has 174 valence electrons. The highest BCUT2D eigenvalue weighted by atomic mass is 16.2. The van der Waals surface area contributed by atoms with Crippen LogP contribution in [0.15, 0.2) is 61.1 Å². The van der Waals surface area contributed by atoms with Crippen molar-refractivity contribution in [3.05, 3.63) is 66.8 Å². The molecule has 3 aromatic heterocycles. The van der Waals surface area contributed by atoms with Gasteiger partial charge >= 0.3 is 6.03 Å². The largest absolute Gasteiger partial charge is 0.355 e. The quantitative estimate of drug-likeness (QED) is 0.336. The number of nitrogens with zero attached hydrogens (tertiary/aromatic N) is 3. The molecule has 0 unspecified atom stereocenters. The first-order valence-corrected chi connectivity index (χ1v) is 11.5. The summed E-state index contributed by atoms with van der Waals surface area (Å²) >= 11 is 0. The fourth-order valence-electron chi connectivity index (χ4n) is 4.13. The maximum Gasteiger partial charge on any atom is 0.318 e. The van der Waals surface area contributed by atoms with Gasteiger partial charge in [-0.2, -0.15) is 0 Å². The Bertz CT molecular complexity index is 1350. The second-order valence-electron chi connectivity index (χ2n) is 9.55. The third-order valence-corrected chi connectivity index (χ3v) is 5.77. The van der Waals surface area contributed by atoms with Gasteiger partial charge in [0.15, 0.2) is 0 Å². The SMILES string of the molecule is CC(C)(C)NC(=O)N1CC=C(c2cc3c(Nc4cccc(-c5ncc[nH]5)c4)ccnc3[nH]2)CC1. The number of fused-ring (bicyclic) bond motifs is 1. The number of hydrogen-bond donors (Lipinski definition) is 4. The van der Waals surface area contributed by atoms with E-state index in [2.05, 4.69) is 48.8 Å². The van der Waals surface area contributed by atoms with Gasteiger partial charge in [0.2, 0.25) is 0 Å². The molecule has 0 saturated carbocycles. The van der Waals surface area contributed by atoms with E-state index in [1.165, 1.54) is 5.57 Å². The zero-order valence-corrected chi connectivity index (χ0v) is 19.6. The summed E-state index contributed by atoms with van der Waals surface area (Å²) in [5.41, 5.74) is 5.79. The molecule has 0 saturated heterocycles. The molecule has 8 nitrogen and oxygen atoms in total. The number of H-pyrrole nitrogens is 2. The Morgan fingerprint density at radius 3 is 2.74 bits per heavy atom. The highest BCUT2D eigenvalue weighted by molar-refractivity contribution is 5.94. The average Bonchev–Trinajstić information content (AvgIpc) is 3.49. The van der Waals surface area contributed by atoms with E-state index in [-0.39, 0.29) is 11.6 Å². The number of rotatable bonds is 4. The molecule has 1 aliphatic rings. The van der Waals surface area contributed by atoms with Crippen molar-refractivity contribution in [3.8, 4) is 11.4 Å². The summed E-state index contributed by atoms with van der Waals surface area (Å²) in [6.07, 6.45) is 8.28. The Balaban J connectivity index is 1.36. The summed E-state index contributed by atoms with van der Waals surface area (Å²) in [7, 11) is 0. The fraction of sp³-hybridized carbons (Fsp3) is 0.269. The lowest BCUT2D eigenvalue weighted by Crippen LogP contribution is -2.49. The topological polar surface area (TPSA) is 102 Å². The van der Waals surface area contributed by atoms with E-state index in [0.717, 1.165) is 45.9 Å². The molecule has 0 atom stereocenters. The first-order chi connectivity index (χ1) is 16.4. The van der Waals surface area contributed by atoms with Crippen molar-refractivity contribution in [2.45, 2.75) is 32.7 Å². The number of nitrogens with one attached hydrogen (secondary N) is 4. The number of carbonyl (C=O) groups is 1. The van der Waals surface area contributed by atoms with Crippen LogP contribution < -0.4 is 10.6 Å². The molecule has 1 aromatic carbocycles. The third-order valence-electron chi connectivity index (χ3n) is 5.77. The summed E-state index contributed by atoms with van der Waals surface area (Å²) in [6.45, 7) is 7.25. The third kappa shape index (κ3) is 4.66. The van der Waals surface area contributed by atoms with Crippen LogP contribution in [0.2, 0.25) is 0 Å². The second-order valence-corrected chi connectivity index (χ2v) is 9.55. The summed E-state index contributed by atoms with van der Waals surface area (Å²) in [5.74, 6) is 0.835. The number of benzene rings is 1. The molecule has 4 heterocycles. The summed E-state index contributed by atoms with van der Waals surface area (Å²) in [6, 6.07) is 12.2. The minimum atomic E-state index is -0.245. The molecule has 0 aliphatic carbocycles. The molecule has 1 aliphatic heterocycles. The monoisotopic (exact) mass is 455 g/mol. The highest BCUT2D eigenvalue weighted by Crippen LogP contribution is 2.31. The van der Waals surface area contributed by atoms with Crippen molar-refractivity contribution in [1.29, 1.82) is 0 Å². The van der Waals surface area contributed by atoms with Crippen LogP contribution in [0.3, 0.4) is 0 Å². The van der Waals surface area contributed by atoms with Crippen LogP contribution in [0.4, 0.5) is 16.2 Å². The summed E-state index contributed by atoms with van der Waals surface area (Å²) < 4.78 is 0. The summed E-state index contributed by atoms with van der Waals surface area (Å²) in [4.78, 5) is 29.8. The molecule has 0 radical (unpaired) electrons. The molecular weight excluding hydrogens is 426 g/mol. The lowest BCUT2D eigenvalue weighted by atomic mass is 10.0. The van der Waals surface area contributed by atoms with Crippen molar-refractivity contribution in [2.24, 2.45) is 0 Å². The molecule has 34 heavy (non-hydrogen) atoms. The number of aromatic nitrogens is 4. The van der Waals surface area contributed by atoms with E-state index in [1.807, 2.05) is 56.1 Å². The number of carbonyl (C=O) groups excluding carboxylic acids is 1. The van der Waals surface area contributed by atoms with Gasteiger partial charge < -0.3 is 25.5 Å². The minimum absolute atomic E-state index is 0.0237. The standard InChI is InChI=1S/C26H29N7O/c1-26(2,3)32-25(34)33-13-8-17(9-14-33)22-16-20-21(7-10-27-24(20)31-22)30-19-6-4-5-18(15-19)23-28-11-12-29-23/h4-8,10-12,15-16H,9,13-14H2,1-3H3,(H,28,29)(H,32,34)(H2,27,30,31). The van der Waals surface area contributed by atoms with Gasteiger partial charge in [0.05, 0.1) is 5.69 Å². The van der Waals surface area contributed by atoms with Gasteiger partial charge in [-0.05, 0) is 57.0 Å². The average molecular weight is 456 g/mol. The lowest BCUT2D eigenvalue weighted by molar-refractivity contribution is 0.193.